The number of nitrogens with zero attached hydrogens (tertiary/aromatic N) is 4. The van der Waals surface area contributed by atoms with Gasteiger partial charge in [0.2, 0.25) is 12.3 Å². The number of imidazole rings is 2. The summed E-state index contributed by atoms with van der Waals surface area (Å²) in [5, 5.41) is 18.3. The Bertz CT molecular complexity index is 2540. The van der Waals surface area contributed by atoms with Crippen molar-refractivity contribution >= 4 is 40.3 Å². The van der Waals surface area contributed by atoms with Crippen molar-refractivity contribution in [3.05, 3.63) is 120 Å². The molecule has 2 unspecified atom stereocenters. The first kappa shape index (κ1) is 42.6. The van der Waals surface area contributed by atoms with Gasteiger partial charge in [-0.05, 0) is 88.9 Å². The van der Waals surface area contributed by atoms with Gasteiger partial charge in [0.25, 0.3) is 5.91 Å². The molecule has 8 rings (SSSR count). The van der Waals surface area contributed by atoms with Gasteiger partial charge in [0.05, 0.1) is 49.0 Å². The van der Waals surface area contributed by atoms with Crippen LogP contribution in [0.5, 0.6) is 0 Å². The van der Waals surface area contributed by atoms with Gasteiger partial charge in [0.1, 0.15) is 17.7 Å². The Morgan fingerprint density at radius 1 is 0.742 bits per heavy atom. The molecule has 2 aromatic heterocycles. The van der Waals surface area contributed by atoms with Gasteiger partial charge in [-0.2, -0.15) is 0 Å². The summed E-state index contributed by atoms with van der Waals surface area (Å²) in [4.78, 5) is 59.9. The Morgan fingerprint density at radius 2 is 1.27 bits per heavy atom. The summed E-state index contributed by atoms with van der Waals surface area (Å²) in [6.07, 6.45) is 4.90. The van der Waals surface area contributed by atoms with Crippen molar-refractivity contribution in [1.82, 2.24) is 40.4 Å². The molecule has 2 aliphatic rings. The van der Waals surface area contributed by atoms with Gasteiger partial charge < -0.3 is 39.7 Å². The fourth-order valence-corrected chi connectivity index (χ4v) is 8.73. The lowest BCUT2D eigenvalue weighted by Gasteiger charge is -2.31. The normalized spacial score (nSPS) is 18.0. The number of carbonyl (C=O) groups excluding carboxylic acids is 3. The van der Waals surface area contributed by atoms with E-state index in [2.05, 4.69) is 81.3 Å². The number of benzene rings is 4. The zero-order valence-corrected chi connectivity index (χ0v) is 35.9. The second-order valence-electron chi connectivity index (χ2n) is 16.2. The highest BCUT2D eigenvalue weighted by atomic mass is 35.5. The summed E-state index contributed by atoms with van der Waals surface area (Å²) < 4.78 is 9.80. The molecule has 62 heavy (non-hydrogen) atoms. The SMILES string of the molecule is COC(=O)NC(C(=O)N1CCC[C@H]1c1ncc(-c2ccc(-c3ccc4cc(-c5cnc([C@@H]6CCCN6C(=O)[C@@H](NC(O)OC)C(C)C)[nH]5)ccc4c3)cc2)[nH]1)c1ccc(Cl)cc1. The highest BCUT2D eigenvalue weighted by Gasteiger charge is 2.38. The topological polar surface area (TPSA) is 178 Å². The maximum atomic E-state index is 14.0. The Labute approximate surface area is 365 Å². The van der Waals surface area contributed by atoms with Crippen LogP contribution in [0.4, 0.5) is 4.79 Å². The van der Waals surface area contributed by atoms with E-state index >= 15 is 0 Å². The number of aromatic amines is 2. The van der Waals surface area contributed by atoms with E-state index in [0.29, 0.717) is 29.5 Å². The van der Waals surface area contributed by atoms with Gasteiger partial charge in [-0.15, -0.1) is 0 Å². The number of amides is 3. The molecule has 15 heteroatoms. The summed E-state index contributed by atoms with van der Waals surface area (Å²) in [5.74, 6) is 1.05. The number of aromatic nitrogens is 4. The molecule has 5 N–H and O–H groups in total. The molecule has 6 aromatic rings. The third kappa shape index (κ3) is 8.95. The monoisotopic (exact) mass is 858 g/mol. The van der Waals surface area contributed by atoms with Crippen LogP contribution in [0.3, 0.4) is 0 Å². The molecule has 5 atom stereocenters. The number of methoxy groups -OCH3 is 2. The quantitative estimate of drug-likeness (QED) is 0.0723. The van der Waals surface area contributed by atoms with Crippen molar-refractivity contribution in [2.45, 2.75) is 70.1 Å². The Kier molecular flexibility index (Phi) is 12.7. The molecule has 4 aromatic carbocycles. The summed E-state index contributed by atoms with van der Waals surface area (Å²) in [5.41, 5.74) is 6.43. The van der Waals surface area contributed by atoms with Crippen molar-refractivity contribution < 1.29 is 29.0 Å². The van der Waals surface area contributed by atoms with E-state index in [4.69, 9.17) is 31.0 Å². The lowest BCUT2D eigenvalue weighted by molar-refractivity contribution is -0.145. The molecule has 2 fully saturated rings. The first-order valence-corrected chi connectivity index (χ1v) is 21.3. The molecular weight excluding hydrogens is 808 g/mol. The van der Waals surface area contributed by atoms with Crippen LogP contribution in [0.1, 0.15) is 74.9 Å². The predicted octanol–water partition coefficient (Wildman–Crippen LogP) is 7.90. The number of fused-ring (bicyclic) bond motifs is 1. The minimum absolute atomic E-state index is 0.0499. The lowest BCUT2D eigenvalue weighted by atomic mass is 9.98. The highest BCUT2D eigenvalue weighted by molar-refractivity contribution is 6.30. The molecule has 0 radical (unpaired) electrons. The molecule has 2 aliphatic heterocycles. The van der Waals surface area contributed by atoms with Crippen LogP contribution in [0, 0.1) is 5.92 Å². The van der Waals surface area contributed by atoms with Crippen LogP contribution >= 0.6 is 11.6 Å². The summed E-state index contributed by atoms with van der Waals surface area (Å²) in [6.45, 7) is 5.03. The van der Waals surface area contributed by atoms with Crippen LogP contribution in [0.2, 0.25) is 5.02 Å². The van der Waals surface area contributed by atoms with Crippen LogP contribution in [0.15, 0.2) is 97.3 Å². The number of aliphatic hydroxyl groups is 1. The number of halogens is 1. The maximum Gasteiger partial charge on any atom is 0.407 e. The summed E-state index contributed by atoms with van der Waals surface area (Å²) >= 11 is 6.10. The van der Waals surface area contributed by atoms with E-state index < -0.39 is 24.6 Å². The van der Waals surface area contributed by atoms with Gasteiger partial charge in [-0.1, -0.05) is 86.1 Å². The Hall–Kier alpha value is -6.06. The van der Waals surface area contributed by atoms with Gasteiger partial charge in [-0.3, -0.25) is 14.9 Å². The number of likely N-dealkylation sites (tertiary alicyclic amines) is 2. The van der Waals surface area contributed by atoms with Crippen molar-refractivity contribution in [3.63, 3.8) is 0 Å². The van der Waals surface area contributed by atoms with E-state index in [1.54, 1.807) is 35.4 Å². The fourth-order valence-electron chi connectivity index (χ4n) is 8.60. The number of nitrogens with one attached hydrogen (secondary N) is 4. The Morgan fingerprint density at radius 3 is 1.85 bits per heavy atom. The third-order valence-corrected chi connectivity index (χ3v) is 12.2. The highest BCUT2D eigenvalue weighted by Crippen LogP contribution is 2.36. The second kappa shape index (κ2) is 18.5. The number of carbonyl (C=O) groups is 3. The zero-order chi connectivity index (χ0) is 43.5. The molecule has 4 heterocycles. The Balaban J connectivity index is 0.941. The molecule has 2 saturated heterocycles. The standard InChI is InChI=1S/C47H51ClN8O6/c1-27(2)40(53-46(59)61-3)44(57)55-21-5-7-38(55)43-50-26-37(52-43)34-16-15-32-23-31(13-14-33(32)24-34)28-9-11-29(12-10-28)36-25-49-42(51-36)39-8-6-22-56(39)45(58)41(54-47(60)62-4)30-17-19-35(48)20-18-30/h9-20,23-27,38-41,46,53,59H,5-8,21-22H2,1-4H3,(H,49,51)(H,50,52)(H,54,60)/t38-,39-,40-,41?,46?/m0/s1. The molecule has 0 spiro atoms. The van der Waals surface area contributed by atoms with E-state index in [1.165, 1.54) is 14.2 Å². The van der Waals surface area contributed by atoms with E-state index in [1.807, 2.05) is 24.9 Å². The average molecular weight is 859 g/mol. The average Bonchev–Trinajstić information content (AvgIpc) is 4.14. The molecule has 0 bridgehead atoms. The molecule has 322 valence electrons. The van der Waals surface area contributed by atoms with E-state index in [9.17, 15) is 19.5 Å². The van der Waals surface area contributed by atoms with Gasteiger partial charge in [-0.25, -0.2) is 14.8 Å². The summed E-state index contributed by atoms with van der Waals surface area (Å²) in [6, 6.07) is 25.9. The van der Waals surface area contributed by atoms with Gasteiger partial charge >= 0.3 is 6.09 Å². The van der Waals surface area contributed by atoms with Gasteiger partial charge in [0.15, 0.2) is 0 Å². The first-order chi connectivity index (χ1) is 30.0. The number of hydrogen-bond donors (Lipinski definition) is 5. The number of H-pyrrole nitrogens is 2. The smallest absolute Gasteiger partial charge is 0.407 e. The zero-order valence-electron chi connectivity index (χ0n) is 35.1. The van der Waals surface area contributed by atoms with Crippen LogP contribution in [0.25, 0.3) is 44.4 Å². The van der Waals surface area contributed by atoms with Crippen molar-refractivity contribution in [1.29, 1.82) is 0 Å². The molecule has 3 amide bonds. The number of hydrogen-bond acceptors (Lipinski definition) is 9. The summed E-state index contributed by atoms with van der Waals surface area (Å²) in [7, 11) is 2.66. The lowest BCUT2D eigenvalue weighted by Crippen LogP contribution is -2.52. The molecule has 0 saturated carbocycles. The van der Waals surface area contributed by atoms with Gasteiger partial charge in [0, 0.05) is 30.8 Å². The third-order valence-electron chi connectivity index (χ3n) is 12.0. The molecule has 0 aliphatic carbocycles. The largest absolute Gasteiger partial charge is 0.453 e. The van der Waals surface area contributed by atoms with E-state index in [0.717, 1.165) is 75.9 Å². The number of ether oxygens (including phenoxy) is 2. The minimum atomic E-state index is -1.23. The van der Waals surface area contributed by atoms with Crippen LogP contribution < -0.4 is 10.6 Å². The van der Waals surface area contributed by atoms with E-state index in [-0.39, 0.29) is 29.8 Å². The maximum absolute atomic E-state index is 14.0. The number of alkyl carbamates (subject to hydrolysis) is 1. The second-order valence-corrected chi connectivity index (χ2v) is 16.6. The molecule has 14 nitrogen and oxygen atoms in total. The van der Waals surface area contributed by atoms with Crippen LogP contribution in [-0.2, 0) is 19.1 Å². The van der Waals surface area contributed by atoms with Crippen molar-refractivity contribution in [2.24, 2.45) is 5.92 Å². The fraction of sp³-hybridized carbons (Fsp3) is 0.340. The van der Waals surface area contributed by atoms with Crippen molar-refractivity contribution in [2.75, 3.05) is 27.3 Å². The van der Waals surface area contributed by atoms with Crippen LogP contribution in [-0.4, -0.2) is 92.5 Å². The first-order valence-electron chi connectivity index (χ1n) is 20.9. The van der Waals surface area contributed by atoms with Crippen molar-refractivity contribution in [3.8, 4) is 33.6 Å². The number of rotatable bonds is 13. The number of aliphatic hydroxyl groups excluding tert-OH is 1. The molecular formula is C47H51ClN8O6. The predicted molar refractivity (Wildman–Crippen MR) is 236 cm³/mol. The minimum Gasteiger partial charge on any atom is -0.453 e.